The summed E-state index contributed by atoms with van der Waals surface area (Å²) in [5.41, 5.74) is 4.02. The van der Waals surface area contributed by atoms with Crippen LogP contribution in [0.4, 0.5) is 5.69 Å². The third-order valence-electron chi connectivity index (χ3n) is 7.02. The van der Waals surface area contributed by atoms with Gasteiger partial charge in [0.15, 0.2) is 0 Å². The number of benzene rings is 1. The monoisotopic (exact) mass is 593 g/mol. The summed E-state index contributed by atoms with van der Waals surface area (Å²) in [6.07, 6.45) is 4.14. The van der Waals surface area contributed by atoms with E-state index < -0.39 is 78.2 Å². The van der Waals surface area contributed by atoms with E-state index in [-0.39, 0.29) is 35.0 Å². The normalized spacial score (nSPS) is 28.0. The van der Waals surface area contributed by atoms with E-state index in [1.807, 2.05) is 13.0 Å². The van der Waals surface area contributed by atoms with Crippen molar-refractivity contribution in [2.24, 2.45) is 5.41 Å². The molecule has 1 heterocycles. The maximum absolute atomic E-state index is 12.7. The first-order chi connectivity index (χ1) is 21.0. The van der Waals surface area contributed by atoms with Crippen molar-refractivity contribution < 1.29 is 74.5 Å². The molecule has 3 rings (SSSR count). The zero-order valence-electron chi connectivity index (χ0n) is 28.9. The fraction of sp³-hybridized carbons (Fsp3) is 0.438. The van der Waals surface area contributed by atoms with Crippen molar-refractivity contribution in [3.63, 3.8) is 0 Å². The summed E-state index contributed by atoms with van der Waals surface area (Å²) in [5, 5.41) is 43.5. The second-order valence-electron chi connectivity index (χ2n) is 11.0. The number of anilines is 1. The molecule has 0 aromatic heterocycles. The van der Waals surface area contributed by atoms with Crippen LogP contribution in [0.5, 0.6) is 5.75 Å². The molecule has 0 radical (unpaired) electrons. The molecule has 1 aliphatic carbocycles. The average molecular weight is 594 g/mol. The number of carboxylic acids is 1. The number of ether oxygens (including phenoxy) is 2. The Balaban J connectivity index is 0.00000736. The molecule has 0 bridgehead atoms. The molecule has 1 aromatic rings. The number of allylic oxidation sites excluding steroid dienone is 9. The predicted octanol–water partition coefficient (Wildman–Crippen LogP) is 0.0970. The summed E-state index contributed by atoms with van der Waals surface area (Å²) < 4.78 is 43.2. The Morgan fingerprint density at radius 3 is 2.38 bits per heavy atom. The Bertz CT molecular complexity index is 1460. The molecule has 0 spiro atoms. The van der Waals surface area contributed by atoms with Gasteiger partial charge in [0.1, 0.15) is 30.2 Å². The molecule has 222 valence electrons. The molecular weight excluding hydrogens is 549 g/mol. The first kappa shape index (κ1) is 29.6. The van der Waals surface area contributed by atoms with Gasteiger partial charge in [0, 0.05) is 11.8 Å². The van der Waals surface area contributed by atoms with Gasteiger partial charge in [0.05, 0.1) is 11.5 Å². The summed E-state index contributed by atoms with van der Waals surface area (Å²) in [7, 11) is 0. The minimum atomic E-state index is -2.10. The van der Waals surface area contributed by atoms with Gasteiger partial charge in [0.2, 0.25) is 12.2 Å². The predicted molar refractivity (Wildman–Crippen MR) is 154 cm³/mol. The first-order valence-electron chi connectivity index (χ1n) is 15.4. The van der Waals surface area contributed by atoms with Crippen LogP contribution in [0.2, 0.25) is 0 Å². The molecule has 10 heteroatoms. The number of rotatable bonds is 9. The number of carbonyl (C=O) groups excluding carboxylic acids is 2. The standard InChI is InChI=1S/C32H41NO8.Na/c1-19(11-16-24-21(3)10-7-17-32(24,4)5)8-6-9-20(2)18-25(34)33-22-12-14-23(15-13-22)40-31-28(37)26(35)27(36)29(41-31)30(38)39;/h6,8-9,11-16,18,26-29,31,35-37H,7,10,17H2,1-5H3,(H,33,34)(H,38,39);/q;+1/p-1/b9-6+,16-11+,19-8+,20-18+;/t26-,27-,28+,29-,31+;/m0./s1/i12D,13D,14D,15D;. The largest absolute Gasteiger partial charge is 1.00 e. The van der Waals surface area contributed by atoms with E-state index in [0.717, 1.165) is 18.4 Å². The van der Waals surface area contributed by atoms with E-state index >= 15 is 0 Å². The Labute approximate surface area is 275 Å². The van der Waals surface area contributed by atoms with Crippen LogP contribution < -0.4 is 44.7 Å². The number of nitrogens with one attached hydrogen (secondary N) is 1. The quantitative estimate of drug-likeness (QED) is 0.179. The van der Waals surface area contributed by atoms with E-state index in [1.54, 1.807) is 19.1 Å². The summed E-state index contributed by atoms with van der Waals surface area (Å²) in [6, 6.07) is -2.94. The van der Waals surface area contributed by atoms with Crippen molar-refractivity contribution in [2.45, 2.75) is 84.6 Å². The van der Waals surface area contributed by atoms with Gasteiger partial charge in [-0.1, -0.05) is 55.4 Å². The van der Waals surface area contributed by atoms with Gasteiger partial charge in [-0.25, -0.2) is 0 Å². The van der Waals surface area contributed by atoms with Crippen LogP contribution in [-0.4, -0.2) is 57.9 Å². The van der Waals surface area contributed by atoms with Gasteiger partial charge in [-0.2, -0.15) is 0 Å². The van der Waals surface area contributed by atoms with Gasteiger partial charge in [-0.15, -0.1) is 0 Å². The molecule has 1 amide bonds. The Morgan fingerprint density at radius 2 is 1.76 bits per heavy atom. The minimum Gasteiger partial charge on any atom is -0.547 e. The van der Waals surface area contributed by atoms with E-state index in [2.05, 4.69) is 38.2 Å². The first-order valence-corrected chi connectivity index (χ1v) is 13.4. The Morgan fingerprint density at radius 1 is 1.10 bits per heavy atom. The van der Waals surface area contributed by atoms with Crippen LogP contribution in [0, 0.1) is 5.41 Å². The van der Waals surface area contributed by atoms with Crippen molar-refractivity contribution >= 4 is 17.6 Å². The zero-order chi connectivity index (χ0) is 33.8. The molecule has 5 atom stereocenters. The van der Waals surface area contributed by atoms with Crippen molar-refractivity contribution in [3.05, 3.63) is 82.9 Å². The zero-order valence-corrected chi connectivity index (χ0v) is 26.9. The molecule has 42 heavy (non-hydrogen) atoms. The summed E-state index contributed by atoms with van der Waals surface area (Å²) in [6.45, 7) is 10.3. The SMILES string of the molecule is [2H]c1c([2H])c(O[C@@H]2O[C@H](C(=O)[O-])[C@@H](O)[C@H](O)[C@H]2O)c([2H])c([2H])c1NC(=O)/C=C(C)/C=C/C=C(C)/C=C/C1=C(C)CCCC1(C)C.[Na+]. The van der Waals surface area contributed by atoms with Gasteiger partial charge < -0.3 is 40.0 Å². The smallest absolute Gasteiger partial charge is 0.547 e. The van der Waals surface area contributed by atoms with Crippen LogP contribution in [0.1, 0.15) is 59.4 Å². The number of aliphatic carboxylic acids is 1. The van der Waals surface area contributed by atoms with E-state index in [4.69, 9.17) is 15.0 Å². The molecule has 2 aliphatic rings. The average Bonchev–Trinajstić information content (AvgIpc) is 2.95. The molecule has 1 aliphatic heterocycles. The fourth-order valence-electron chi connectivity index (χ4n) is 4.73. The Kier molecular flexibility index (Phi) is 11.1. The van der Waals surface area contributed by atoms with Gasteiger partial charge in [-0.3, -0.25) is 4.79 Å². The fourth-order valence-corrected chi connectivity index (χ4v) is 4.73. The van der Waals surface area contributed by atoms with Crippen LogP contribution in [0.25, 0.3) is 0 Å². The topological polar surface area (TPSA) is 148 Å². The number of hydrogen-bond donors (Lipinski definition) is 4. The summed E-state index contributed by atoms with van der Waals surface area (Å²) in [5.74, 6) is -3.36. The van der Waals surface area contributed by atoms with Gasteiger partial charge >= 0.3 is 29.6 Å². The van der Waals surface area contributed by atoms with E-state index in [1.165, 1.54) is 23.6 Å². The molecule has 4 N–H and O–H groups in total. The van der Waals surface area contributed by atoms with Crippen molar-refractivity contribution in [1.29, 1.82) is 0 Å². The molecule has 0 unspecified atom stereocenters. The van der Waals surface area contributed by atoms with Crippen molar-refractivity contribution in [1.82, 2.24) is 0 Å². The van der Waals surface area contributed by atoms with Crippen LogP contribution in [0.15, 0.2) is 82.9 Å². The second kappa shape index (κ2) is 15.8. The maximum atomic E-state index is 12.7. The molecule has 1 aromatic carbocycles. The number of carboxylic acid groups (broad SMARTS) is 1. The summed E-state index contributed by atoms with van der Waals surface area (Å²) in [4.78, 5) is 23.9. The molecular formula is C32H40NNaO8. The van der Waals surface area contributed by atoms with Crippen molar-refractivity contribution in [2.75, 3.05) is 5.32 Å². The van der Waals surface area contributed by atoms with Gasteiger partial charge in [0.25, 0.3) is 0 Å². The Hall–Kier alpha value is -2.50. The van der Waals surface area contributed by atoms with Crippen LogP contribution in [-0.2, 0) is 14.3 Å². The van der Waals surface area contributed by atoms with Crippen LogP contribution >= 0.6 is 0 Å². The summed E-state index contributed by atoms with van der Waals surface area (Å²) >= 11 is 0. The van der Waals surface area contributed by atoms with Crippen LogP contribution in [0.3, 0.4) is 0 Å². The molecule has 0 saturated carbocycles. The third kappa shape index (κ3) is 9.77. The van der Waals surface area contributed by atoms with Crippen molar-refractivity contribution in [3.8, 4) is 5.75 Å². The second-order valence-corrected chi connectivity index (χ2v) is 11.0. The maximum Gasteiger partial charge on any atom is 1.00 e. The number of amides is 1. The van der Waals surface area contributed by atoms with E-state index in [9.17, 15) is 30.0 Å². The molecule has 9 nitrogen and oxygen atoms in total. The third-order valence-corrected chi connectivity index (χ3v) is 7.02. The number of carbonyl (C=O) groups is 2. The number of hydrogen-bond acceptors (Lipinski definition) is 8. The minimum absolute atomic E-state index is 0. The molecule has 1 fully saturated rings. The molecule has 1 saturated heterocycles. The number of aliphatic hydroxyl groups excluding tert-OH is 3. The van der Waals surface area contributed by atoms with Gasteiger partial charge in [-0.05, 0) is 80.8 Å². The van der Waals surface area contributed by atoms with E-state index in [0.29, 0.717) is 5.57 Å². The number of aliphatic hydroxyl groups is 3.